The smallest absolute Gasteiger partial charge is 0.343 e. The molecule has 0 amide bonds. The van der Waals surface area contributed by atoms with Crippen LogP contribution in [0.25, 0.3) is 10.9 Å². The maximum atomic E-state index is 12.7. The summed E-state index contributed by atoms with van der Waals surface area (Å²) in [6.45, 7) is 0. The zero-order valence-corrected chi connectivity index (χ0v) is 14.5. The van der Waals surface area contributed by atoms with Gasteiger partial charge in [-0.3, -0.25) is 9.59 Å². The van der Waals surface area contributed by atoms with Crippen molar-refractivity contribution in [3.63, 3.8) is 0 Å². The number of fused-ring (bicyclic) bond motifs is 1. The van der Waals surface area contributed by atoms with Crippen LogP contribution >= 0.6 is 11.6 Å². The molecule has 0 saturated heterocycles. The lowest BCUT2D eigenvalue weighted by Gasteiger charge is -2.08. The van der Waals surface area contributed by atoms with Crippen LogP contribution < -0.4 is 11.2 Å². The summed E-state index contributed by atoms with van der Waals surface area (Å²) in [4.78, 5) is 37.4. The second-order valence-corrected chi connectivity index (χ2v) is 7.63. The van der Waals surface area contributed by atoms with Crippen LogP contribution in [0.3, 0.4) is 0 Å². The number of carboxylic acid groups (broad SMARTS) is 1. The Bertz CT molecular complexity index is 1240. The highest BCUT2D eigenvalue weighted by molar-refractivity contribution is 7.90. The number of aliphatic carboxylic acids is 1. The summed E-state index contributed by atoms with van der Waals surface area (Å²) < 4.78 is 25.6. The van der Waals surface area contributed by atoms with Gasteiger partial charge in [-0.1, -0.05) is 23.7 Å². The lowest BCUT2D eigenvalue weighted by Crippen LogP contribution is -2.39. The van der Waals surface area contributed by atoms with Crippen molar-refractivity contribution in [1.29, 1.82) is 0 Å². The summed E-state index contributed by atoms with van der Waals surface area (Å²) in [7, 11) is -4.47. The second-order valence-electron chi connectivity index (χ2n) is 5.41. The van der Waals surface area contributed by atoms with E-state index in [1.54, 1.807) is 0 Å². The van der Waals surface area contributed by atoms with Crippen molar-refractivity contribution < 1.29 is 18.3 Å². The van der Waals surface area contributed by atoms with Crippen LogP contribution in [0.2, 0.25) is 5.02 Å². The first-order valence-electron chi connectivity index (χ1n) is 7.21. The number of nitrogens with one attached hydrogen (secondary N) is 1. The Morgan fingerprint density at radius 1 is 1.12 bits per heavy atom. The summed E-state index contributed by atoms with van der Waals surface area (Å²) in [6, 6.07) is 8.97. The van der Waals surface area contributed by atoms with Crippen LogP contribution in [0.15, 0.2) is 56.9 Å². The molecule has 0 spiro atoms. The minimum absolute atomic E-state index is 0.0138. The number of benzene rings is 2. The molecule has 134 valence electrons. The van der Waals surface area contributed by atoms with E-state index in [0.717, 1.165) is 12.1 Å². The van der Waals surface area contributed by atoms with Crippen molar-refractivity contribution in [2.45, 2.75) is 11.3 Å². The molecule has 0 fully saturated rings. The summed E-state index contributed by atoms with van der Waals surface area (Å²) in [6.07, 6.45) is -0.280. The molecule has 10 heteroatoms. The number of halogens is 1. The minimum Gasteiger partial charge on any atom is -0.481 e. The van der Waals surface area contributed by atoms with Crippen LogP contribution in [0.5, 0.6) is 0 Å². The summed E-state index contributed by atoms with van der Waals surface area (Å²) in [5, 5.41) is 9.01. The van der Waals surface area contributed by atoms with Gasteiger partial charge in [-0.2, -0.15) is 0 Å². The fourth-order valence-corrected chi connectivity index (χ4v) is 3.90. The number of rotatable bonds is 4. The Balaban J connectivity index is 2.19. The third kappa shape index (κ3) is 3.14. The topological polar surface area (TPSA) is 126 Å². The molecule has 0 atom stereocenters. The maximum absolute atomic E-state index is 12.7. The molecule has 0 aliphatic heterocycles. The highest BCUT2D eigenvalue weighted by Crippen LogP contribution is 2.16. The van der Waals surface area contributed by atoms with E-state index in [9.17, 15) is 22.8 Å². The molecule has 0 saturated carbocycles. The average molecular weight is 395 g/mol. The Hall–Kier alpha value is -2.91. The van der Waals surface area contributed by atoms with Crippen LogP contribution in [0, 0.1) is 0 Å². The molecule has 3 aromatic rings. The SMILES string of the molecule is O=C(O)Cc1ccc(S(=O)(=O)n2c(=O)[nH]c3cc(Cl)ccc3c2=O)cc1. The molecule has 0 aliphatic carbocycles. The standard InChI is InChI=1S/C16H11ClN2O6S/c17-10-3-6-12-13(8-10)18-16(23)19(15(12)22)26(24,25)11-4-1-9(2-5-11)7-14(20)21/h1-6,8H,7H2,(H,18,23)(H,20,21). The molecule has 8 nitrogen and oxygen atoms in total. The van der Waals surface area contributed by atoms with Gasteiger partial charge in [0.2, 0.25) is 0 Å². The molecule has 0 unspecified atom stereocenters. The van der Waals surface area contributed by atoms with Gasteiger partial charge < -0.3 is 10.1 Å². The number of nitrogens with zero attached hydrogens (tertiary/aromatic N) is 1. The van der Waals surface area contributed by atoms with Gasteiger partial charge in [0, 0.05) is 5.02 Å². The summed E-state index contributed by atoms with van der Waals surface area (Å²) >= 11 is 5.81. The highest BCUT2D eigenvalue weighted by atomic mass is 35.5. The number of aromatic nitrogens is 2. The maximum Gasteiger partial charge on any atom is 0.343 e. The van der Waals surface area contributed by atoms with Crippen LogP contribution in [0.1, 0.15) is 5.56 Å². The molecule has 1 aromatic heterocycles. The molecule has 0 aliphatic rings. The average Bonchev–Trinajstić information content (AvgIpc) is 2.54. The Morgan fingerprint density at radius 2 is 1.77 bits per heavy atom. The van der Waals surface area contributed by atoms with Gasteiger partial charge in [0.15, 0.2) is 0 Å². The van der Waals surface area contributed by atoms with Crippen molar-refractivity contribution in [1.82, 2.24) is 8.96 Å². The lowest BCUT2D eigenvalue weighted by atomic mass is 10.2. The number of carboxylic acids is 1. The Morgan fingerprint density at radius 3 is 2.38 bits per heavy atom. The fourth-order valence-electron chi connectivity index (χ4n) is 2.45. The largest absolute Gasteiger partial charge is 0.481 e. The molecular weight excluding hydrogens is 384 g/mol. The highest BCUT2D eigenvalue weighted by Gasteiger charge is 2.23. The molecule has 26 heavy (non-hydrogen) atoms. The Kier molecular flexibility index (Phi) is 4.43. The molecule has 2 N–H and O–H groups in total. The molecule has 0 radical (unpaired) electrons. The van der Waals surface area contributed by atoms with Crippen molar-refractivity contribution in [2.75, 3.05) is 0 Å². The molecule has 0 bridgehead atoms. The molecule has 2 aromatic carbocycles. The van der Waals surface area contributed by atoms with E-state index in [-0.39, 0.29) is 31.2 Å². The number of carbonyl (C=O) groups is 1. The van der Waals surface area contributed by atoms with Crippen molar-refractivity contribution in [3.8, 4) is 0 Å². The van der Waals surface area contributed by atoms with E-state index in [0.29, 0.717) is 5.56 Å². The van der Waals surface area contributed by atoms with Gasteiger partial charge in [-0.05, 0) is 35.9 Å². The lowest BCUT2D eigenvalue weighted by molar-refractivity contribution is -0.136. The second kappa shape index (κ2) is 6.43. The van der Waals surface area contributed by atoms with Crippen LogP contribution in [-0.2, 0) is 21.2 Å². The summed E-state index contributed by atoms with van der Waals surface area (Å²) in [5.41, 5.74) is -1.63. The normalized spacial score (nSPS) is 11.6. The van der Waals surface area contributed by atoms with Crippen molar-refractivity contribution in [2.24, 2.45) is 0 Å². The van der Waals surface area contributed by atoms with Gasteiger partial charge in [0.25, 0.3) is 15.6 Å². The molecule has 3 rings (SSSR count). The monoisotopic (exact) mass is 394 g/mol. The van der Waals surface area contributed by atoms with Crippen LogP contribution in [-0.4, -0.2) is 28.5 Å². The van der Waals surface area contributed by atoms with Crippen LogP contribution in [0.4, 0.5) is 0 Å². The van der Waals surface area contributed by atoms with Gasteiger partial charge in [-0.25, -0.2) is 13.2 Å². The van der Waals surface area contributed by atoms with Gasteiger partial charge >= 0.3 is 11.7 Å². The quantitative estimate of drug-likeness (QED) is 0.684. The molecular formula is C16H11ClN2O6S. The summed E-state index contributed by atoms with van der Waals surface area (Å²) in [5.74, 6) is -1.07. The number of hydrogen-bond acceptors (Lipinski definition) is 5. The van der Waals surface area contributed by atoms with E-state index in [1.807, 2.05) is 0 Å². The first-order valence-corrected chi connectivity index (χ1v) is 9.03. The minimum atomic E-state index is -4.47. The zero-order valence-electron chi connectivity index (χ0n) is 13.0. The van der Waals surface area contributed by atoms with Gasteiger partial charge in [-0.15, -0.1) is 3.97 Å². The predicted molar refractivity (Wildman–Crippen MR) is 94.2 cm³/mol. The zero-order chi connectivity index (χ0) is 19.1. The number of hydrogen-bond donors (Lipinski definition) is 2. The fraction of sp³-hybridized carbons (Fsp3) is 0.0625. The van der Waals surface area contributed by atoms with E-state index < -0.39 is 27.2 Å². The Labute approximate surface area is 151 Å². The van der Waals surface area contributed by atoms with Crippen molar-refractivity contribution in [3.05, 3.63) is 73.9 Å². The first kappa shape index (κ1) is 17.9. The molecule has 1 heterocycles. The third-order valence-corrected chi connectivity index (χ3v) is 5.55. The van der Waals surface area contributed by atoms with E-state index in [4.69, 9.17) is 16.7 Å². The van der Waals surface area contributed by atoms with Crippen molar-refractivity contribution >= 4 is 38.5 Å². The van der Waals surface area contributed by atoms with E-state index >= 15 is 0 Å². The first-order chi connectivity index (χ1) is 12.2. The van der Waals surface area contributed by atoms with Gasteiger partial charge in [0.1, 0.15) is 0 Å². The predicted octanol–water partition coefficient (Wildman–Crippen LogP) is 1.21. The number of aromatic amines is 1. The van der Waals surface area contributed by atoms with E-state index in [1.165, 1.54) is 30.3 Å². The third-order valence-electron chi connectivity index (χ3n) is 3.64. The van der Waals surface area contributed by atoms with Gasteiger partial charge in [0.05, 0.1) is 22.2 Å². The number of H-pyrrole nitrogens is 1. The van der Waals surface area contributed by atoms with E-state index in [2.05, 4.69) is 4.98 Å².